The van der Waals surface area contributed by atoms with Crippen molar-refractivity contribution in [3.63, 3.8) is 0 Å². The molecular weight excluding hydrogens is 420 g/mol. The van der Waals surface area contributed by atoms with Crippen LogP contribution in [0.1, 0.15) is 42.4 Å². The van der Waals surface area contributed by atoms with Crippen LogP contribution in [0.3, 0.4) is 0 Å². The average molecular weight is 449 g/mol. The third-order valence-corrected chi connectivity index (χ3v) is 5.77. The van der Waals surface area contributed by atoms with Gasteiger partial charge in [0.2, 0.25) is 0 Å². The summed E-state index contributed by atoms with van der Waals surface area (Å²) in [6, 6.07) is 13.3. The summed E-state index contributed by atoms with van der Waals surface area (Å²) in [5, 5.41) is 2.80. The van der Waals surface area contributed by atoms with Crippen LogP contribution in [0.5, 0.6) is 5.75 Å². The first-order valence-corrected chi connectivity index (χ1v) is 11.2. The van der Waals surface area contributed by atoms with Gasteiger partial charge in [-0.05, 0) is 54.5 Å². The summed E-state index contributed by atoms with van der Waals surface area (Å²) < 4.78 is 16.2. The molecule has 7 heteroatoms. The zero-order chi connectivity index (χ0) is 23.0. The minimum Gasteiger partial charge on any atom is -0.496 e. The van der Waals surface area contributed by atoms with E-state index in [0.717, 1.165) is 47.9 Å². The Hall–Kier alpha value is -3.61. The molecule has 0 unspecified atom stereocenters. The second-order valence-corrected chi connectivity index (χ2v) is 8.28. The van der Waals surface area contributed by atoms with Gasteiger partial charge in [0.15, 0.2) is 12.2 Å². The zero-order valence-corrected chi connectivity index (χ0v) is 18.7. The largest absolute Gasteiger partial charge is 0.496 e. The Kier molecular flexibility index (Phi) is 7.40. The lowest BCUT2D eigenvalue weighted by Crippen LogP contribution is -2.27. The zero-order valence-electron chi connectivity index (χ0n) is 18.7. The van der Waals surface area contributed by atoms with Crippen LogP contribution in [0.2, 0.25) is 0 Å². The molecule has 0 atom stereocenters. The van der Waals surface area contributed by atoms with Gasteiger partial charge in [0.1, 0.15) is 17.6 Å². The molecule has 1 aliphatic carbocycles. The fourth-order valence-corrected chi connectivity index (χ4v) is 4.14. The molecular formula is C26H28N2O5. The molecule has 1 saturated carbocycles. The topological polar surface area (TPSA) is 90.7 Å². The second-order valence-electron chi connectivity index (χ2n) is 8.28. The van der Waals surface area contributed by atoms with Gasteiger partial charge in [-0.15, -0.1) is 0 Å². The van der Waals surface area contributed by atoms with Gasteiger partial charge in [-0.2, -0.15) is 0 Å². The quantitative estimate of drug-likeness (QED) is 0.502. The Balaban J connectivity index is 1.31. The highest BCUT2D eigenvalue weighted by atomic mass is 16.6. The van der Waals surface area contributed by atoms with E-state index in [2.05, 4.69) is 10.3 Å². The van der Waals surface area contributed by atoms with Gasteiger partial charge < -0.3 is 19.2 Å². The Morgan fingerprint density at radius 2 is 1.82 bits per heavy atom. The van der Waals surface area contributed by atoms with Crippen LogP contribution in [0, 0.1) is 0 Å². The number of ether oxygens (including phenoxy) is 2. The van der Waals surface area contributed by atoms with Crippen molar-refractivity contribution < 1.29 is 23.5 Å². The van der Waals surface area contributed by atoms with E-state index in [9.17, 15) is 9.59 Å². The van der Waals surface area contributed by atoms with E-state index >= 15 is 0 Å². The first-order chi connectivity index (χ1) is 16.1. The van der Waals surface area contributed by atoms with E-state index in [0.29, 0.717) is 30.9 Å². The van der Waals surface area contributed by atoms with E-state index < -0.39 is 0 Å². The maximum Gasteiger partial charge on any atom is 0.407 e. The molecule has 0 saturated heterocycles. The number of benzene rings is 2. The van der Waals surface area contributed by atoms with Crippen molar-refractivity contribution in [1.82, 2.24) is 10.3 Å². The molecule has 4 rings (SSSR count). The molecule has 0 bridgehead atoms. The number of hydrogen-bond acceptors (Lipinski definition) is 6. The third kappa shape index (κ3) is 6.22. The van der Waals surface area contributed by atoms with Gasteiger partial charge in [0.25, 0.3) is 0 Å². The number of methoxy groups -OCH3 is 1. The number of carbonyl (C=O) groups is 2. The second kappa shape index (κ2) is 10.8. The summed E-state index contributed by atoms with van der Waals surface area (Å²) in [4.78, 5) is 28.6. The lowest BCUT2D eigenvalue weighted by molar-refractivity contribution is -0.117. The number of ketones is 1. The van der Waals surface area contributed by atoms with Crippen molar-refractivity contribution in [2.45, 2.75) is 51.2 Å². The average Bonchev–Trinajstić information content (AvgIpc) is 3.52. The van der Waals surface area contributed by atoms with Crippen molar-refractivity contribution in [2.75, 3.05) is 7.11 Å². The molecule has 1 aromatic heterocycles. The molecule has 1 heterocycles. The van der Waals surface area contributed by atoms with Crippen LogP contribution in [0.25, 0.3) is 11.3 Å². The van der Waals surface area contributed by atoms with Gasteiger partial charge >= 0.3 is 6.09 Å². The predicted octanol–water partition coefficient (Wildman–Crippen LogP) is 4.87. The minimum atomic E-state index is -0.383. The highest BCUT2D eigenvalue weighted by Crippen LogP contribution is 2.30. The Morgan fingerprint density at radius 1 is 1.06 bits per heavy atom. The standard InChI is InChI=1S/C26H28N2O5/c1-31-24-14-19(9-10-23(24)25-16-27-17-32-25)13-21(29)12-18-5-4-6-20(11-18)15-28-26(30)33-22-7-2-3-8-22/h4-6,9-11,14,16-17,22H,2-3,7-8,12-13,15H2,1H3,(H,28,30). The Bertz CT molecular complexity index is 1090. The lowest BCUT2D eigenvalue weighted by Gasteiger charge is -2.12. The molecule has 33 heavy (non-hydrogen) atoms. The van der Waals surface area contributed by atoms with Crippen LogP contribution >= 0.6 is 0 Å². The summed E-state index contributed by atoms with van der Waals surface area (Å²) in [6.07, 6.45) is 7.38. The van der Waals surface area contributed by atoms with Crippen LogP contribution < -0.4 is 10.1 Å². The Labute approximate surface area is 193 Å². The van der Waals surface area contributed by atoms with E-state index in [1.807, 2.05) is 42.5 Å². The molecule has 1 N–H and O–H groups in total. The summed E-state index contributed by atoms with van der Waals surface area (Å²) >= 11 is 0. The highest BCUT2D eigenvalue weighted by Gasteiger charge is 2.19. The van der Waals surface area contributed by atoms with E-state index in [1.165, 1.54) is 6.39 Å². The van der Waals surface area contributed by atoms with Gasteiger partial charge in [-0.25, -0.2) is 9.78 Å². The molecule has 1 fully saturated rings. The van der Waals surface area contributed by atoms with Crippen molar-refractivity contribution in [2.24, 2.45) is 0 Å². The molecule has 7 nitrogen and oxygen atoms in total. The third-order valence-electron chi connectivity index (χ3n) is 5.77. The number of nitrogens with one attached hydrogen (secondary N) is 1. The summed E-state index contributed by atoms with van der Waals surface area (Å²) in [5.74, 6) is 1.34. The number of hydrogen-bond donors (Lipinski definition) is 1. The monoisotopic (exact) mass is 448 g/mol. The number of nitrogens with zero attached hydrogens (tertiary/aromatic N) is 1. The van der Waals surface area contributed by atoms with Crippen molar-refractivity contribution in [3.05, 3.63) is 71.7 Å². The number of oxazole rings is 1. The Morgan fingerprint density at radius 3 is 2.55 bits per heavy atom. The van der Waals surface area contributed by atoms with Crippen molar-refractivity contribution in [3.8, 4) is 17.1 Å². The SMILES string of the molecule is COc1cc(CC(=O)Cc2cccc(CNC(=O)OC3CCCC3)c2)ccc1-c1cnco1. The smallest absolute Gasteiger partial charge is 0.407 e. The van der Waals surface area contributed by atoms with Crippen LogP contribution in [0.4, 0.5) is 4.79 Å². The normalized spacial score (nSPS) is 13.6. The number of amides is 1. The van der Waals surface area contributed by atoms with Crippen LogP contribution in [-0.2, 0) is 28.9 Å². The fourth-order valence-electron chi connectivity index (χ4n) is 4.14. The molecule has 1 aliphatic rings. The molecule has 3 aromatic rings. The number of aromatic nitrogens is 1. The first-order valence-electron chi connectivity index (χ1n) is 11.2. The number of carbonyl (C=O) groups excluding carboxylic acids is 2. The van der Waals surface area contributed by atoms with Crippen molar-refractivity contribution in [1.29, 1.82) is 0 Å². The fraction of sp³-hybridized carbons (Fsp3) is 0.346. The van der Waals surface area contributed by atoms with Gasteiger partial charge in [-0.1, -0.05) is 30.3 Å². The van der Waals surface area contributed by atoms with Gasteiger partial charge in [0.05, 0.1) is 18.9 Å². The molecule has 172 valence electrons. The summed E-state index contributed by atoms with van der Waals surface area (Å²) in [7, 11) is 1.59. The number of alkyl carbamates (subject to hydrolysis) is 1. The van der Waals surface area contributed by atoms with Gasteiger partial charge in [0, 0.05) is 19.4 Å². The van der Waals surface area contributed by atoms with E-state index in [-0.39, 0.29) is 18.0 Å². The lowest BCUT2D eigenvalue weighted by atomic mass is 10.00. The van der Waals surface area contributed by atoms with Gasteiger partial charge in [-0.3, -0.25) is 4.79 Å². The number of rotatable bonds is 9. The van der Waals surface area contributed by atoms with Crippen molar-refractivity contribution >= 4 is 11.9 Å². The predicted molar refractivity (Wildman–Crippen MR) is 123 cm³/mol. The van der Waals surface area contributed by atoms with Crippen LogP contribution in [-0.4, -0.2) is 30.1 Å². The summed E-state index contributed by atoms with van der Waals surface area (Å²) in [5.41, 5.74) is 3.50. The summed E-state index contributed by atoms with van der Waals surface area (Å²) in [6.45, 7) is 0.369. The van der Waals surface area contributed by atoms with E-state index in [1.54, 1.807) is 13.3 Å². The molecule has 2 aromatic carbocycles. The van der Waals surface area contributed by atoms with Crippen LogP contribution in [0.15, 0.2) is 59.5 Å². The maximum absolute atomic E-state index is 12.7. The highest BCUT2D eigenvalue weighted by molar-refractivity contribution is 5.83. The first kappa shape index (κ1) is 22.6. The maximum atomic E-state index is 12.7. The molecule has 0 aliphatic heterocycles. The molecule has 1 amide bonds. The van der Waals surface area contributed by atoms with E-state index in [4.69, 9.17) is 13.9 Å². The minimum absolute atomic E-state index is 0.0393. The molecule has 0 spiro atoms. The number of Topliss-reactive ketones (excluding diaryl/α,β-unsaturated/α-hetero) is 1. The molecule has 0 radical (unpaired) electrons.